The van der Waals surface area contributed by atoms with E-state index in [1.165, 1.54) is 11.3 Å². The highest BCUT2D eigenvalue weighted by atomic mass is 79.9. The third kappa shape index (κ3) is 4.15. The van der Waals surface area contributed by atoms with Crippen LogP contribution >= 0.6 is 27.3 Å². The molecule has 0 fully saturated rings. The molecule has 8 heteroatoms. The number of rotatable bonds is 5. The van der Waals surface area contributed by atoms with Crippen molar-refractivity contribution in [3.05, 3.63) is 75.2 Å². The predicted octanol–water partition coefficient (Wildman–Crippen LogP) is 4.83. The van der Waals surface area contributed by atoms with E-state index >= 15 is 0 Å². The Labute approximate surface area is 186 Å². The highest BCUT2D eigenvalue weighted by molar-refractivity contribution is 9.10. The van der Waals surface area contributed by atoms with Crippen molar-refractivity contribution in [2.24, 2.45) is 0 Å². The number of thiophene rings is 1. The molecule has 152 valence electrons. The fraction of sp³-hybridized carbons (Fsp3) is 0.136. The van der Waals surface area contributed by atoms with E-state index in [9.17, 15) is 9.59 Å². The number of fused-ring (bicyclic) bond motifs is 1. The lowest BCUT2D eigenvalue weighted by molar-refractivity contribution is -0.115. The number of halogens is 1. The number of hydrogen-bond acceptors (Lipinski definition) is 4. The van der Waals surface area contributed by atoms with Crippen LogP contribution in [0.25, 0.3) is 15.9 Å². The second-order valence-corrected chi connectivity index (χ2v) is 8.80. The van der Waals surface area contributed by atoms with Gasteiger partial charge in [-0.2, -0.15) is 5.10 Å². The molecule has 0 saturated carbocycles. The second kappa shape index (κ2) is 8.41. The van der Waals surface area contributed by atoms with Gasteiger partial charge in [0.05, 0.1) is 22.8 Å². The standard InChI is InChI=1S/C22H19BrN4O2S/c1-13-10-15(23)8-9-18(13)25-20(28)12-24-21(29)19-11-17-14(2)26-27(22(17)30-19)16-6-4-3-5-7-16/h3-11H,12H2,1-2H3,(H,24,29)(H,25,28). The third-order valence-corrected chi connectivity index (χ3v) is 6.24. The summed E-state index contributed by atoms with van der Waals surface area (Å²) in [4.78, 5) is 26.3. The van der Waals surface area contributed by atoms with Crippen molar-refractivity contribution in [3.8, 4) is 5.69 Å². The average molecular weight is 483 g/mol. The van der Waals surface area contributed by atoms with Crippen molar-refractivity contribution < 1.29 is 9.59 Å². The van der Waals surface area contributed by atoms with E-state index in [1.54, 1.807) is 0 Å². The number of carbonyl (C=O) groups is 2. The van der Waals surface area contributed by atoms with Gasteiger partial charge < -0.3 is 10.6 Å². The first-order chi connectivity index (χ1) is 14.4. The first-order valence-electron chi connectivity index (χ1n) is 9.31. The first kappa shape index (κ1) is 20.3. The van der Waals surface area contributed by atoms with E-state index in [0.29, 0.717) is 4.88 Å². The van der Waals surface area contributed by atoms with Crippen LogP contribution in [-0.2, 0) is 4.79 Å². The number of aryl methyl sites for hydroxylation is 2. The van der Waals surface area contributed by atoms with Crippen molar-refractivity contribution in [2.45, 2.75) is 13.8 Å². The summed E-state index contributed by atoms with van der Waals surface area (Å²) in [5.74, 6) is -0.556. The van der Waals surface area contributed by atoms with Crippen LogP contribution in [0.3, 0.4) is 0 Å². The van der Waals surface area contributed by atoms with E-state index in [2.05, 4.69) is 31.7 Å². The van der Waals surface area contributed by atoms with Crippen LogP contribution in [0.2, 0.25) is 0 Å². The van der Waals surface area contributed by atoms with Gasteiger partial charge in [-0.1, -0.05) is 34.1 Å². The first-order valence-corrected chi connectivity index (χ1v) is 10.9. The minimum atomic E-state index is -0.280. The van der Waals surface area contributed by atoms with E-state index in [4.69, 9.17) is 0 Å². The van der Waals surface area contributed by atoms with E-state index in [0.717, 1.165) is 37.3 Å². The van der Waals surface area contributed by atoms with Gasteiger partial charge in [-0.25, -0.2) is 4.68 Å². The van der Waals surface area contributed by atoms with Crippen LogP contribution < -0.4 is 10.6 Å². The van der Waals surface area contributed by atoms with Crippen molar-refractivity contribution >= 4 is 55.0 Å². The summed E-state index contributed by atoms with van der Waals surface area (Å²) in [5.41, 5.74) is 3.45. The highest BCUT2D eigenvalue weighted by Gasteiger charge is 2.17. The fourth-order valence-electron chi connectivity index (χ4n) is 3.11. The normalized spacial score (nSPS) is 10.9. The van der Waals surface area contributed by atoms with Crippen LogP contribution in [0.15, 0.2) is 59.1 Å². The molecule has 0 radical (unpaired) electrons. The Morgan fingerprint density at radius 2 is 1.87 bits per heavy atom. The van der Waals surface area contributed by atoms with Gasteiger partial charge in [0.2, 0.25) is 5.91 Å². The largest absolute Gasteiger partial charge is 0.342 e. The summed E-state index contributed by atoms with van der Waals surface area (Å²) < 4.78 is 2.79. The lowest BCUT2D eigenvalue weighted by atomic mass is 10.2. The van der Waals surface area contributed by atoms with Crippen molar-refractivity contribution in [1.29, 1.82) is 0 Å². The van der Waals surface area contributed by atoms with Gasteiger partial charge in [0, 0.05) is 15.5 Å². The molecule has 0 spiro atoms. The van der Waals surface area contributed by atoms with Crippen LogP contribution in [0, 0.1) is 13.8 Å². The van der Waals surface area contributed by atoms with Gasteiger partial charge in [0.25, 0.3) is 5.91 Å². The Bertz CT molecular complexity index is 1250. The summed E-state index contributed by atoms with van der Waals surface area (Å²) in [6.45, 7) is 3.73. The van der Waals surface area contributed by atoms with Crippen LogP contribution in [0.4, 0.5) is 5.69 Å². The summed E-state index contributed by atoms with van der Waals surface area (Å²) in [6, 6.07) is 17.2. The van der Waals surface area contributed by atoms with E-state index < -0.39 is 0 Å². The summed E-state index contributed by atoms with van der Waals surface area (Å²) >= 11 is 4.76. The minimum absolute atomic E-state index is 0.105. The van der Waals surface area contributed by atoms with Gasteiger partial charge in [-0.15, -0.1) is 11.3 Å². The van der Waals surface area contributed by atoms with Gasteiger partial charge in [0.1, 0.15) is 4.83 Å². The predicted molar refractivity (Wildman–Crippen MR) is 124 cm³/mol. The quantitative estimate of drug-likeness (QED) is 0.427. The molecule has 2 aromatic heterocycles. The Morgan fingerprint density at radius 1 is 1.10 bits per heavy atom. The SMILES string of the molecule is Cc1cc(Br)ccc1NC(=O)CNC(=O)c1cc2c(C)nn(-c3ccccc3)c2s1. The molecule has 0 atom stereocenters. The maximum Gasteiger partial charge on any atom is 0.261 e. The number of benzene rings is 2. The number of hydrogen-bond donors (Lipinski definition) is 2. The molecule has 2 N–H and O–H groups in total. The van der Waals surface area contributed by atoms with Crippen molar-refractivity contribution in [2.75, 3.05) is 11.9 Å². The average Bonchev–Trinajstić information content (AvgIpc) is 3.30. The Kier molecular flexibility index (Phi) is 5.69. The molecule has 0 aliphatic carbocycles. The maximum atomic E-state index is 12.6. The number of para-hydroxylation sites is 1. The zero-order chi connectivity index (χ0) is 21.3. The van der Waals surface area contributed by atoms with Crippen LogP contribution in [0.1, 0.15) is 20.9 Å². The molecule has 2 heterocycles. The lowest BCUT2D eigenvalue weighted by Gasteiger charge is -2.09. The summed E-state index contributed by atoms with van der Waals surface area (Å²) in [5, 5.41) is 11.0. The smallest absolute Gasteiger partial charge is 0.261 e. The summed E-state index contributed by atoms with van der Waals surface area (Å²) in [6.07, 6.45) is 0. The fourth-order valence-corrected chi connectivity index (χ4v) is 4.69. The number of amides is 2. The molecular weight excluding hydrogens is 464 g/mol. The monoisotopic (exact) mass is 482 g/mol. The molecule has 2 aromatic carbocycles. The zero-order valence-electron chi connectivity index (χ0n) is 16.4. The van der Waals surface area contributed by atoms with E-state index in [-0.39, 0.29) is 18.4 Å². The maximum absolute atomic E-state index is 12.6. The van der Waals surface area contributed by atoms with Gasteiger partial charge in [-0.3, -0.25) is 9.59 Å². The topological polar surface area (TPSA) is 76.0 Å². The Hall–Kier alpha value is -2.97. The molecule has 0 aliphatic rings. The Morgan fingerprint density at radius 3 is 2.60 bits per heavy atom. The lowest BCUT2D eigenvalue weighted by Crippen LogP contribution is -2.32. The molecule has 4 rings (SSSR count). The van der Waals surface area contributed by atoms with Gasteiger partial charge in [0.15, 0.2) is 0 Å². The molecule has 6 nitrogen and oxygen atoms in total. The molecular formula is C22H19BrN4O2S. The number of aromatic nitrogens is 2. The van der Waals surface area contributed by atoms with Gasteiger partial charge >= 0.3 is 0 Å². The number of nitrogens with one attached hydrogen (secondary N) is 2. The van der Waals surface area contributed by atoms with Crippen LogP contribution in [0.5, 0.6) is 0 Å². The third-order valence-electron chi connectivity index (χ3n) is 4.64. The summed E-state index contributed by atoms with van der Waals surface area (Å²) in [7, 11) is 0. The molecule has 0 saturated heterocycles. The van der Waals surface area contributed by atoms with Crippen LogP contribution in [-0.4, -0.2) is 28.1 Å². The zero-order valence-corrected chi connectivity index (χ0v) is 18.8. The molecule has 0 bridgehead atoms. The van der Waals surface area contributed by atoms with Crippen molar-refractivity contribution in [1.82, 2.24) is 15.1 Å². The van der Waals surface area contributed by atoms with Crippen molar-refractivity contribution in [3.63, 3.8) is 0 Å². The molecule has 0 aliphatic heterocycles. The molecule has 4 aromatic rings. The number of anilines is 1. The minimum Gasteiger partial charge on any atom is -0.342 e. The van der Waals surface area contributed by atoms with E-state index in [1.807, 2.05) is 73.1 Å². The number of carbonyl (C=O) groups excluding carboxylic acids is 2. The molecule has 2 amide bonds. The van der Waals surface area contributed by atoms with Gasteiger partial charge in [-0.05, 0) is 55.8 Å². The molecule has 0 unspecified atom stereocenters. The molecule has 30 heavy (non-hydrogen) atoms. The highest BCUT2D eigenvalue weighted by Crippen LogP contribution is 2.30. The Balaban J connectivity index is 1.46. The number of nitrogens with zero attached hydrogens (tertiary/aromatic N) is 2. The second-order valence-electron chi connectivity index (χ2n) is 6.85.